The van der Waals surface area contributed by atoms with Crippen LogP contribution in [-0.4, -0.2) is 31.1 Å². The summed E-state index contributed by atoms with van der Waals surface area (Å²) in [6.07, 6.45) is 5.00. The number of thiocarbonyl (C=S) groups is 1. The van der Waals surface area contributed by atoms with Gasteiger partial charge in [-0.1, -0.05) is 61.6 Å². The lowest BCUT2D eigenvalue weighted by atomic mass is 10.2. The van der Waals surface area contributed by atoms with Crippen LogP contribution in [0.25, 0.3) is 11.7 Å². The summed E-state index contributed by atoms with van der Waals surface area (Å²) in [6, 6.07) is 14.4. The van der Waals surface area contributed by atoms with Crippen LogP contribution in [0, 0.1) is 0 Å². The van der Waals surface area contributed by atoms with E-state index in [2.05, 4.69) is 11.9 Å². The molecule has 2 aromatic heterocycles. The number of para-hydroxylation sites is 1. The first-order valence-corrected chi connectivity index (χ1v) is 10.8. The number of thioether (sulfide) groups is 1. The average molecular weight is 438 g/mol. The minimum absolute atomic E-state index is 0.149. The van der Waals surface area contributed by atoms with Gasteiger partial charge in [0, 0.05) is 12.7 Å². The summed E-state index contributed by atoms with van der Waals surface area (Å²) in [4.78, 5) is 32.5. The summed E-state index contributed by atoms with van der Waals surface area (Å²) < 4.78 is 7.86. The molecule has 1 amide bonds. The van der Waals surface area contributed by atoms with Gasteiger partial charge in [0.05, 0.1) is 4.91 Å². The maximum atomic E-state index is 13.2. The molecule has 0 aliphatic carbocycles. The predicted octanol–water partition coefficient (Wildman–Crippen LogP) is 4.49. The maximum absolute atomic E-state index is 13.2. The quantitative estimate of drug-likeness (QED) is 0.418. The smallest absolute Gasteiger partial charge is 0.269 e. The third-order valence-corrected chi connectivity index (χ3v) is 5.95. The lowest BCUT2D eigenvalue weighted by molar-refractivity contribution is -0.122. The summed E-state index contributed by atoms with van der Waals surface area (Å²) in [6.45, 7) is 2.63. The van der Waals surface area contributed by atoms with Gasteiger partial charge in [0.1, 0.15) is 21.3 Å². The highest BCUT2D eigenvalue weighted by atomic mass is 32.2. The molecule has 8 heteroatoms. The fourth-order valence-electron chi connectivity index (χ4n) is 3.02. The number of hydrogen-bond donors (Lipinski definition) is 0. The molecule has 3 aromatic rings. The summed E-state index contributed by atoms with van der Waals surface area (Å²) >= 11 is 6.56. The van der Waals surface area contributed by atoms with Crippen molar-refractivity contribution in [3.05, 3.63) is 75.6 Å². The van der Waals surface area contributed by atoms with Gasteiger partial charge in [-0.15, -0.1) is 0 Å². The van der Waals surface area contributed by atoms with Crippen molar-refractivity contribution in [2.24, 2.45) is 0 Å². The molecule has 0 spiro atoms. The highest BCUT2D eigenvalue weighted by Gasteiger charge is 2.32. The van der Waals surface area contributed by atoms with Crippen LogP contribution in [0.15, 0.2) is 64.4 Å². The minimum Gasteiger partial charge on any atom is -0.438 e. The molecule has 30 heavy (non-hydrogen) atoms. The van der Waals surface area contributed by atoms with Gasteiger partial charge in [-0.25, -0.2) is 0 Å². The predicted molar refractivity (Wildman–Crippen MR) is 123 cm³/mol. The first-order valence-electron chi connectivity index (χ1n) is 9.58. The van der Waals surface area contributed by atoms with Crippen LogP contribution in [0.5, 0.6) is 11.6 Å². The molecule has 6 nitrogen and oxygen atoms in total. The van der Waals surface area contributed by atoms with E-state index in [0.29, 0.717) is 27.2 Å². The number of ether oxygens (including phenoxy) is 1. The fraction of sp³-hybridized carbons (Fsp3) is 0.182. The average Bonchev–Trinajstić information content (AvgIpc) is 3.02. The Bertz CT molecular complexity index is 1210. The lowest BCUT2D eigenvalue weighted by Crippen LogP contribution is -2.29. The maximum Gasteiger partial charge on any atom is 0.269 e. The molecular formula is C22H19N3O3S2. The van der Waals surface area contributed by atoms with E-state index >= 15 is 0 Å². The van der Waals surface area contributed by atoms with E-state index in [1.165, 1.54) is 22.2 Å². The van der Waals surface area contributed by atoms with Crippen LogP contribution in [0.1, 0.15) is 25.3 Å². The molecule has 0 unspecified atom stereocenters. The third kappa shape index (κ3) is 4.01. The number of unbranched alkanes of at least 4 members (excludes halogenated alkanes) is 1. The molecule has 1 saturated heterocycles. The van der Waals surface area contributed by atoms with E-state index in [9.17, 15) is 9.59 Å². The normalized spacial score (nSPS) is 15.4. The van der Waals surface area contributed by atoms with E-state index in [1.807, 2.05) is 18.2 Å². The van der Waals surface area contributed by atoms with E-state index < -0.39 is 0 Å². The molecule has 0 radical (unpaired) electrons. The van der Waals surface area contributed by atoms with Crippen LogP contribution < -0.4 is 10.3 Å². The van der Waals surface area contributed by atoms with Gasteiger partial charge in [-0.3, -0.25) is 18.9 Å². The third-order valence-electron chi connectivity index (χ3n) is 4.58. The van der Waals surface area contributed by atoms with Gasteiger partial charge in [0.2, 0.25) is 5.88 Å². The number of nitrogens with zero attached hydrogens (tertiary/aromatic N) is 3. The molecule has 152 valence electrons. The minimum atomic E-state index is -0.314. The standard InChI is InChI=1S/C22H19N3O3S2/c1-2-3-12-25-21(27)17(30-22(25)29)14-16-19(28-15-9-5-4-6-10-15)23-18-11-7-8-13-24(18)20(16)26/h4-11,13-14H,2-3,12H2,1H3/b17-14-. The second kappa shape index (κ2) is 8.81. The second-order valence-electron chi connectivity index (χ2n) is 6.67. The Labute approximate surface area is 183 Å². The van der Waals surface area contributed by atoms with Crippen molar-refractivity contribution >= 4 is 45.9 Å². The van der Waals surface area contributed by atoms with Crippen molar-refractivity contribution in [2.75, 3.05) is 6.54 Å². The van der Waals surface area contributed by atoms with Crippen LogP contribution in [0.3, 0.4) is 0 Å². The van der Waals surface area contributed by atoms with Crippen molar-refractivity contribution in [3.63, 3.8) is 0 Å². The number of aromatic nitrogens is 2. The number of carbonyl (C=O) groups excluding carboxylic acids is 1. The first kappa shape index (κ1) is 20.3. The molecule has 4 rings (SSSR count). The summed E-state index contributed by atoms with van der Waals surface area (Å²) in [7, 11) is 0. The molecule has 0 saturated carbocycles. The van der Waals surface area contributed by atoms with Crippen LogP contribution >= 0.6 is 24.0 Å². The van der Waals surface area contributed by atoms with Crippen molar-refractivity contribution in [1.29, 1.82) is 0 Å². The van der Waals surface area contributed by atoms with E-state index in [1.54, 1.807) is 41.4 Å². The fourth-order valence-corrected chi connectivity index (χ4v) is 4.31. The van der Waals surface area contributed by atoms with Crippen molar-refractivity contribution in [2.45, 2.75) is 19.8 Å². The van der Waals surface area contributed by atoms with Gasteiger partial charge >= 0.3 is 0 Å². The number of amides is 1. The molecule has 1 aliphatic heterocycles. The molecule has 1 aromatic carbocycles. The summed E-state index contributed by atoms with van der Waals surface area (Å²) in [5.74, 6) is 0.507. The van der Waals surface area contributed by atoms with Gasteiger partial charge in [-0.2, -0.15) is 4.98 Å². The molecule has 1 aliphatic rings. The molecule has 1 fully saturated rings. The first-order chi connectivity index (χ1) is 14.6. The van der Waals surface area contributed by atoms with Crippen LogP contribution in [0.4, 0.5) is 0 Å². The van der Waals surface area contributed by atoms with Crippen molar-refractivity contribution in [3.8, 4) is 11.6 Å². The number of pyridine rings is 1. The Morgan fingerprint density at radius 3 is 2.67 bits per heavy atom. The Hall–Kier alpha value is -2.97. The number of hydrogen-bond acceptors (Lipinski definition) is 6. The number of carbonyl (C=O) groups is 1. The van der Waals surface area contributed by atoms with Gasteiger partial charge in [-0.05, 0) is 36.8 Å². The molecule has 3 heterocycles. The highest BCUT2D eigenvalue weighted by molar-refractivity contribution is 8.26. The number of benzene rings is 1. The number of fused-ring (bicyclic) bond motifs is 1. The molecular weight excluding hydrogens is 418 g/mol. The summed E-state index contributed by atoms with van der Waals surface area (Å²) in [5.41, 5.74) is 0.352. The van der Waals surface area contributed by atoms with E-state index in [0.717, 1.165) is 12.8 Å². The Morgan fingerprint density at radius 2 is 1.90 bits per heavy atom. The largest absolute Gasteiger partial charge is 0.438 e. The van der Waals surface area contributed by atoms with Crippen LogP contribution in [-0.2, 0) is 4.79 Å². The molecule has 0 N–H and O–H groups in total. The second-order valence-corrected chi connectivity index (χ2v) is 8.34. The molecule has 0 bridgehead atoms. The van der Waals surface area contributed by atoms with Crippen molar-refractivity contribution in [1.82, 2.24) is 14.3 Å². The SMILES string of the molecule is CCCCN1C(=O)/C(=C/c2c(Oc3ccccc3)nc3ccccn3c2=O)SC1=S. The summed E-state index contributed by atoms with van der Waals surface area (Å²) in [5, 5.41) is 0. The van der Waals surface area contributed by atoms with Gasteiger partial charge in [0.25, 0.3) is 11.5 Å². The van der Waals surface area contributed by atoms with Crippen molar-refractivity contribution < 1.29 is 9.53 Å². The zero-order valence-electron chi connectivity index (χ0n) is 16.3. The lowest BCUT2D eigenvalue weighted by Gasteiger charge is -2.13. The van der Waals surface area contributed by atoms with Gasteiger partial charge in [0.15, 0.2) is 0 Å². The number of rotatable bonds is 6. The zero-order chi connectivity index (χ0) is 21.1. The van der Waals surface area contributed by atoms with Crippen LogP contribution in [0.2, 0.25) is 0 Å². The van der Waals surface area contributed by atoms with E-state index in [-0.39, 0.29) is 22.9 Å². The highest BCUT2D eigenvalue weighted by Crippen LogP contribution is 2.34. The topological polar surface area (TPSA) is 63.9 Å². The Balaban J connectivity index is 1.81. The zero-order valence-corrected chi connectivity index (χ0v) is 17.9. The Kier molecular flexibility index (Phi) is 5.96. The van der Waals surface area contributed by atoms with E-state index in [4.69, 9.17) is 17.0 Å². The molecule has 0 atom stereocenters. The monoisotopic (exact) mass is 437 g/mol. The van der Waals surface area contributed by atoms with Gasteiger partial charge < -0.3 is 4.74 Å². The Morgan fingerprint density at radius 1 is 1.13 bits per heavy atom.